The Labute approximate surface area is 105 Å². The molecule has 5 nitrogen and oxygen atoms in total. The van der Waals surface area contributed by atoms with Crippen molar-refractivity contribution in [3.63, 3.8) is 0 Å². The van der Waals surface area contributed by atoms with E-state index in [2.05, 4.69) is 10.9 Å². The summed E-state index contributed by atoms with van der Waals surface area (Å²) in [5, 5.41) is 0. The van der Waals surface area contributed by atoms with Gasteiger partial charge in [0.05, 0.1) is 6.04 Å². The number of nitrogens with one attached hydrogen (secondary N) is 2. The molecule has 1 aromatic rings. The summed E-state index contributed by atoms with van der Waals surface area (Å²) in [6, 6.07) is 5.23. The number of halogens is 1. The first kappa shape index (κ1) is 14.1. The van der Waals surface area contributed by atoms with Crippen molar-refractivity contribution in [1.29, 1.82) is 0 Å². The zero-order chi connectivity index (χ0) is 13.5. The van der Waals surface area contributed by atoms with Gasteiger partial charge in [-0.2, -0.15) is 0 Å². The van der Waals surface area contributed by atoms with Crippen molar-refractivity contribution in [2.45, 2.75) is 25.8 Å². The predicted octanol–water partition coefficient (Wildman–Crippen LogP) is 0.253. The third kappa shape index (κ3) is 4.92. The third-order valence-electron chi connectivity index (χ3n) is 2.29. The molecule has 0 heterocycles. The minimum absolute atomic E-state index is 0.199. The van der Waals surface area contributed by atoms with E-state index in [0.717, 1.165) is 5.56 Å². The molecule has 0 aliphatic rings. The lowest BCUT2D eigenvalue weighted by Gasteiger charge is -2.09. The van der Waals surface area contributed by atoms with Crippen molar-refractivity contribution >= 4 is 11.8 Å². The monoisotopic (exact) mass is 253 g/mol. The molecule has 0 bridgehead atoms. The van der Waals surface area contributed by atoms with Crippen LogP contribution in [0.5, 0.6) is 0 Å². The number of aryl methyl sites for hydroxylation is 1. The lowest BCUT2D eigenvalue weighted by atomic mass is 10.1. The highest BCUT2D eigenvalue weighted by Gasteiger charge is 2.08. The van der Waals surface area contributed by atoms with E-state index in [1.54, 1.807) is 12.1 Å². The van der Waals surface area contributed by atoms with E-state index < -0.39 is 11.9 Å². The highest BCUT2D eigenvalue weighted by molar-refractivity contribution is 5.84. The van der Waals surface area contributed by atoms with Crippen LogP contribution in [0.4, 0.5) is 4.39 Å². The molecule has 0 aliphatic heterocycles. The minimum Gasteiger partial charge on any atom is -0.320 e. The van der Waals surface area contributed by atoms with Crippen LogP contribution in [0.15, 0.2) is 24.3 Å². The molecule has 0 saturated carbocycles. The van der Waals surface area contributed by atoms with Crippen LogP contribution in [0.2, 0.25) is 0 Å². The Morgan fingerprint density at radius 3 is 2.44 bits per heavy atom. The van der Waals surface area contributed by atoms with Crippen LogP contribution >= 0.6 is 0 Å². The van der Waals surface area contributed by atoms with Crippen LogP contribution in [0, 0.1) is 5.82 Å². The Hall–Kier alpha value is -1.95. The SMILES string of the molecule is CC(N)C(=O)NNC(=O)CCc1ccc(F)cc1. The third-order valence-corrected chi connectivity index (χ3v) is 2.29. The fourth-order valence-corrected chi connectivity index (χ4v) is 1.22. The molecule has 0 spiro atoms. The summed E-state index contributed by atoms with van der Waals surface area (Å²) in [5.41, 5.74) is 10.6. The van der Waals surface area contributed by atoms with Gasteiger partial charge in [0.25, 0.3) is 5.91 Å². The fraction of sp³-hybridized carbons (Fsp3) is 0.333. The van der Waals surface area contributed by atoms with Gasteiger partial charge in [0.15, 0.2) is 0 Å². The standard InChI is InChI=1S/C12H16FN3O2/c1-8(14)12(18)16-15-11(17)7-4-9-2-5-10(13)6-3-9/h2-3,5-6,8H,4,7,14H2,1H3,(H,15,17)(H,16,18). The summed E-state index contributed by atoms with van der Waals surface area (Å²) in [6.07, 6.45) is 0.672. The maximum atomic E-state index is 12.6. The van der Waals surface area contributed by atoms with E-state index in [4.69, 9.17) is 5.73 Å². The van der Waals surface area contributed by atoms with Crippen LogP contribution in [-0.4, -0.2) is 17.9 Å². The van der Waals surface area contributed by atoms with E-state index in [1.807, 2.05) is 0 Å². The molecule has 2 amide bonds. The Morgan fingerprint density at radius 2 is 1.89 bits per heavy atom. The van der Waals surface area contributed by atoms with E-state index in [-0.39, 0.29) is 18.1 Å². The minimum atomic E-state index is -0.678. The molecule has 1 atom stereocenters. The zero-order valence-corrected chi connectivity index (χ0v) is 10.1. The quantitative estimate of drug-likeness (QED) is 0.673. The molecular weight excluding hydrogens is 237 g/mol. The number of hydrogen-bond donors (Lipinski definition) is 3. The van der Waals surface area contributed by atoms with Crippen molar-refractivity contribution in [1.82, 2.24) is 10.9 Å². The smallest absolute Gasteiger partial charge is 0.254 e. The molecule has 4 N–H and O–H groups in total. The Kier molecular flexibility index (Phi) is 5.26. The second kappa shape index (κ2) is 6.70. The van der Waals surface area contributed by atoms with Gasteiger partial charge < -0.3 is 5.73 Å². The first-order valence-electron chi connectivity index (χ1n) is 5.58. The van der Waals surface area contributed by atoms with Crippen LogP contribution in [-0.2, 0) is 16.0 Å². The average molecular weight is 253 g/mol. The van der Waals surface area contributed by atoms with E-state index in [9.17, 15) is 14.0 Å². The Morgan fingerprint density at radius 1 is 1.28 bits per heavy atom. The number of nitrogens with two attached hydrogens (primary N) is 1. The lowest BCUT2D eigenvalue weighted by Crippen LogP contribution is -2.48. The molecule has 6 heteroatoms. The maximum Gasteiger partial charge on any atom is 0.254 e. The molecular formula is C12H16FN3O2. The Balaban J connectivity index is 2.29. The van der Waals surface area contributed by atoms with Gasteiger partial charge in [0, 0.05) is 6.42 Å². The fourth-order valence-electron chi connectivity index (χ4n) is 1.22. The number of amides is 2. The number of hydrazine groups is 1. The molecule has 0 fully saturated rings. The largest absolute Gasteiger partial charge is 0.320 e. The maximum absolute atomic E-state index is 12.6. The molecule has 98 valence electrons. The van der Waals surface area contributed by atoms with Gasteiger partial charge in [0.2, 0.25) is 5.91 Å². The van der Waals surface area contributed by atoms with Gasteiger partial charge in [0.1, 0.15) is 5.82 Å². The van der Waals surface area contributed by atoms with Crippen molar-refractivity contribution in [3.8, 4) is 0 Å². The van der Waals surface area contributed by atoms with Gasteiger partial charge in [-0.3, -0.25) is 20.4 Å². The summed E-state index contributed by atoms with van der Waals surface area (Å²) in [4.78, 5) is 22.4. The molecule has 1 unspecified atom stereocenters. The molecule has 0 radical (unpaired) electrons. The van der Waals surface area contributed by atoms with Gasteiger partial charge >= 0.3 is 0 Å². The number of carbonyl (C=O) groups excluding carboxylic acids is 2. The van der Waals surface area contributed by atoms with Crippen LogP contribution in [0.25, 0.3) is 0 Å². The number of rotatable bonds is 4. The van der Waals surface area contributed by atoms with Crippen LogP contribution < -0.4 is 16.6 Å². The van der Waals surface area contributed by atoms with Gasteiger partial charge in [-0.05, 0) is 31.0 Å². The molecule has 0 aromatic heterocycles. The summed E-state index contributed by atoms with van der Waals surface area (Å²) in [5.74, 6) is -1.09. The molecule has 0 saturated heterocycles. The summed E-state index contributed by atoms with van der Waals surface area (Å²) >= 11 is 0. The summed E-state index contributed by atoms with van der Waals surface area (Å²) in [6.45, 7) is 1.51. The molecule has 0 aliphatic carbocycles. The number of benzene rings is 1. The number of carbonyl (C=O) groups is 2. The highest BCUT2D eigenvalue weighted by Crippen LogP contribution is 2.05. The summed E-state index contributed by atoms with van der Waals surface area (Å²) < 4.78 is 12.6. The average Bonchev–Trinajstić information content (AvgIpc) is 2.35. The summed E-state index contributed by atoms with van der Waals surface area (Å²) in [7, 11) is 0. The lowest BCUT2D eigenvalue weighted by molar-refractivity contribution is -0.129. The first-order valence-corrected chi connectivity index (χ1v) is 5.58. The second-order valence-corrected chi connectivity index (χ2v) is 3.95. The number of hydrogen-bond acceptors (Lipinski definition) is 3. The van der Waals surface area contributed by atoms with E-state index >= 15 is 0 Å². The normalized spacial score (nSPS) is 11.7. The second-order valence-electron chi connectivity index (χ2n) is 3.95. The van der Waals surface area contributed by atoms with Crippen molar-refractivity contribution in [2.24, 2.45) is 5.73 Å². The van der Waals surface area contributed by atoms with Crippen LogP contribution in [0.1, 0.15) is 18.9 Å². The van der Waals surface area contributed by atoms with Gasteiger partial charge in [-0.1, -0.05) is 12.1 Å². The van der Waals surface area contributed by atoms with Crippen molar-refractivity contribution < 1.29 is 14.0 Å². The molecule has 1 aromatic carbocycles. The van der Waals surface area contributed by atoms with Crippen molar-refractivity contribution in [2.75, 3.05) is 0 Å². The van der Waals surface area contributed by atoms with Gasteiger partial charge in [-0.15, -0.1) is 0 Å². The molecule has 18 heavy (non-hydrogen) atoms. The Bertz CT molecular complexity index is 418. The van der Waals surface area contributed by atoms with Gasteiger partial charge in [-0.25, -0.2) is 4.39 Å². The zero-order valence-electron chi connectivity index (χ0n) is 10.1. The first-order chi connectivity index (χ1) is 8.49. The van der Waals surface area contributed by atoms with E-state index in [0.29, 0.717) is 6.42 Å². The van der Waals surface area contributed by atoms with Crippen molar-refractivity contribution in [3.05, 3.63) is 35.6 Å². The van der Waals surface area contributed by atoms with Crippen LogP contribution in [0.3, 0.4) is 0 Å². The predicted molar refractivity (Wildman–Crippen MR) is 64.7 cm³/mol. The topological polar surface area (TPSA) is 84.2 Å². The molecule has 1 rings (SSSR count). The highest BCUT2D eigenvalue weighted by atomic mass is 19.1. The van der Waals surface area contributed by atoms with E-state index in [1.165, 1.54) is 19.1 Å².